The molecule has 0 saturated carbocycles. The second-order valence-electron chi connectivity index (χ2n) is 9.09. The molecular weight excluding hydrogens is 467 g/mol. The summed E-state index contributed by atoms with van der Waals surface area (Å²) in [6.07, 6.45) is 4.69. The maximum Gasteiger partial charge on any atom is 0.407 e. The van der Waals surface area contributed by atoms with Gasteiger partial charge in [-0.25, -0.2) is 9.50 Å². The van der Waals surface area contributed by atoms with Crippen LogP contribution >= 0.6 is 0 Å². The number of rotatable bonds is 7. The van der Waals surface area contributed by atoms with Gasteiger partial charge in [-0.3, -0.25) is 4.90 Å². The van der Waals surface area contributed by atoms with Gasteiger partial charge in [0.1, 0.15) is 18.4 Å². The SMILES string of the molecule is NC(c1ccc(-c2cnn3cc(-c4ccc(OCCN5CCCCC5)cc4)cnc23)cc1)C(F)(F)F. The molecule has 2 N–H and O–H groups in total. The van der Waals surface area contributed by atoms with E-state index in [2.05, 4.69) is 15.0 Å². The van der Waals surface area contributed by atoms with Gasteiger partial charge >= 0.3 is 6.18 Å². The van der Waals surface area contributed by atoms with Gasteiger partial charge in [0, 0.05) is 30.1 Å². The molecule has 9 heteroatoms. The minimum absolute atomic E-state index is 0.0110. The molecule has 1 atom stereocenters. The first-order chi connectivity index (χ1) is 17.4. The molecule has 0 spiro atoms. The first-order valence-electron chi connectivity index (χ1n) is 12.1. The van der Waals surface area contributed by atoms with Crippen molar-refractivity contribution in [3.8, 4) is 28.0 Å². The fraction of sp³-hybridized carbons (Fsp3) is 0.333. The maximum absolute atomic E-state index is 12.9. The van der Waals surface area contributed by atoms with Crippen molar-refractivity contribution in [1.29, 1.82) is 0 Å². The Morgan fingerprint density at radius 1 is 0.889 bits per heavy atom. The smallest absolute Gasteiger partial charge is 0.407 e. The van der Waals surface area contributed by atoms with Crippen LogP contribution in [0.4, 0.5) is 13.2 Å². The second-order valence-corrected chi connectivity index (χ2v) is 9.09. The minimum Gasteiger partial charge on any atom is -0.492 e. The maximum atomic E-state index is 12.9. The van der Waals surface area contributed by atoms with Gasteiger partial charge < -0.3 is 10.5 Å². The summed E-state index contributed by atoms with van der Waals surface area (Å²) >= 11 is 0. The standard InChI is InChI=1S/C27H28F3N5O/c28-27(29,30)25(31)21-6-4-20(5-7-21)24-17-33-35-18-22(16-32-26(24)35)19-8-10-23(11-9-19)36-15-14-34-12-2-1-3-13-34/h4-11,16-18,25H,1-3,12-15,31H2. The molecule has 1 unspecified atom stereocenters. The summed E-state index contributed by atoms with van der Waals surface area (Å²) in [5.74, 6) is 0.833. The molecule has 0 amide bonds. The van der Waals surface area contributed by atoms with Gasteiger partial charge in [0.05, 0.1) is 6.20 Å². The van der Waals surface area contributed by atoms with Crippen LogP contribution in [0.5, 0.6) is 5.75 Å². The van der Waals surface area contributed by atoms with E-state index in [-0.39, 0.29) is 5.56 Å². The lowest BCUT2D eigenvalue weighted by Crippen LogP contribution is -2.33. The van der Waals surface area contributed by atoms with Gasteiger partial charge in [-0.2, -0.15) is 18.3 Å². The first-order valence-corrected chi connectivity index (χ1v) is 12.1. The fourth-order valence-corrected chi connectivity index (χ4v) is 4.51. The van der Waals surface area contributed by atoms with E-state index in [1.165, 1.54) is 31.4 Å². The number of aromatic nitrogens is 3. The zero-order valence-corrected chi connectivity index (χ0v) is 19.8. The third-order valence-electron chi connectivity index (χ3n) is 6.60. The molecule has 5 rings (SSSR count). The number of nitrogens with zero attached hydrogens (tertiary/aromatic N) is 4. The highest BCUT2D eigenvalue weighted by Crippen LogP contribution is 2.32. The lowest BCUT2D eigenvalue weighted by molar-refractivity contribution is -0.149. The van der Waals surface area contributed by atoms with Crippen molar-refractivity contribution in [2.75, 3.05) is 26.2 Å². The number of fused-ring (bicyclic) bond motifs is 1. The van der Waals surface area contributed by atoms with Crippen LogP contribution in [0.15, 0.2) is 67.1 Å². The number of hydrogen-bond donors (Lipinski definition) is 1. The van der Waals surface area contributed by atoms with Gasteiger partial charge in [-0.05, 0) is 54.8 Å². The van der Waals surface area contributed by atoms with Crippen molar-refractivity contribution in [1.82, 2.24) is 19.5 Å². The van der Waals surface area contributed by atoms with Crippen LogP contribution in [0.25, 0.3) is 27.9 Å². The van der Waals surface area contributed by atoms with Crippen molar-refractivity contribution in [2.24, 2.45) is 5.73 Å². The highest BCUT2D eigenvalue weighted by molar-refractivity contribution is 5.78. The molecule has 2 aromatic heterocycles. The Balaban J connectivity index is 1.26. The van der Waals surface area contributed by atoms with E-state index in [9.17, 15) is 13.2 Å². The average Bonchev–Trinajstić information content (AvgIpc) is 3.32. The highest BCUT2D eigenvalue weighted by Gasteiger charge is 2.37. The number of halogens is 3. The number of likely N-dealkylation sites (tertiary alicyclic amines) is 1. The number of alkyl halides is 3. The summed E-state index contributed by atoms with van der Waals surface area (Å²) < 4.78 is 46.2. The minimum atomic E-state index is -4.48. The van der Waals surface area contributed by atoms with E-state index in [0.29, 0.717) is 12.3 Å². The Kier molecular flexibility index (Phi) is 6.93. The molecule has 36 heavy (non-hydrogen) atoms. The quantitative estimate of drug-likeness (QED) is 0.367. The summed E-state index contributed by atoms with van der Waals surface area (Å²) in [6, 6.07) is 11.9. The monoisotopic (exact) mass is 495 g/mol. The Labute approximate surface area is 207 Å². The molecule has 6 nitrogen and oxygen atoms in total. The molecule has 4 aromatic rings. The van der Waals surface area contributed by atoms with Crippen LogP contribution in [-0.2, 0) is 0 Å². The zero-order chi connectivity index (χ0) is 25.1. The largest absolute Gasteiger partial charge is 0.492 e. The van der Waals surface area contributed by atoms with Gasteiger partial charge in [0.25, 0.3) is 0 Å². The molecule has 0 radical (unpaired) electrons. The lowest BCUT2D eigenvalue weighted by atomic mass is 10.0. The van der Waals surface area contributed by atoms with E-state index < -0.39 is 12.2 Å². The molecule has 0 aliphatic carbocycles. The summed E-state index contributed by atoms with van der Waals surface area (Å²) in [6.45, 7) is 3.93. The van der Waals surface area contributed by atoms with E-state index >= 15 is 0 Å². The highest BCUT2D eigenvalue weighted by atomic mass is 19.4. The predicted octanol–water partition coefficient (Wildman–Crippen LogP) is 5.49. The Morgan fingerprint density at radius 2 is 1.58 bits per heavy atom. The van der Waals surface area contributed by atoms with Crippen LogP contribution in [0, 0.1) is 0 Å². The number of nitrogens with two attached hydrogens (primary N) is 1. The predicted molar refractivity (Wildman–Crippen MR) is 133 cm³/mol. The van der Waals surface area contributed by atoms with E-state index in [1.807, 2.05) is 30.5 Å². The van der Waals surface area contributed by atoms with Crippen LogP contribution in [0.1, 0.15) is 30.9 Å². The van der Waals surface area contributed by atoms with Crippen LogP contribution in [0.3, 0.4) is 0 Å². The molecule has 188 valence electrons. The zero-order valence-electron chi connectivity index (χ0n) is 19.8. The molecule has 0 bridgehead atoms. The van der Waals surface area contributed by atoms with E-state index in [4.69, 9.17) is 10.5 Å². The fourth-order valence-electron chi connectivity index (χ4n) is 4.51. The second kappa shape index (κ2) is 10.3. The number of piperidine rings is 1. The van der Waals surface area contributed by atoms with E-state index in [1.54, 1.807) is 29.0 Å². The summed E-state index contributed by atoms with van der Waals surface area (Å²) in [7, 11) is 0. The van der Waals surface area contributed by atoms with Gasteiger partial charge in [0.15, 0.2) is 5.65 Å². The van der Waals surface area contributed by atoms with Crippen molar-refractivity contribution in [3.63, 3.8) is 0 Å². The molecule has 1 saturated heterocycles. The topological polar surface area (TPSA) is 68.7 Å². The Morgan fingerprint density at radius 3 is 2.28 bits per heavy atom. The molecular formula is C27H28F3N5O. The van der Waals surface area contributed by atoms with E-state index in [0.717, 1.165) is 47.6 Å². The molecule has 2 aromatic carbocycles. The normalized spacial score (nSPS) is 15.8. The third kappa shape index (κ3) is 5.37. The van der Waals surface area contributed by atoms with Gasteiger partial charge in [0.2, 0.25) is 0 Å². The molecule has 1 aliphatic rings. The van der Waals surface area contributed by atoms with Crippen LogP contribution < -0.4 is 10.5 Å². The molecule has 1 aliphatic heterocycles. The average molecular weight is 496 g/mol. The van der Waals surface area contributed by atoms with Gasteiger partial charge in [-0.1, -0.05) is 42.8 Å². The molecule has 1 fully saturated rings. The van der Waals surface area contributed by atoms with Crippen molar-refractivity contribution in [2.45, 2.75) is 31.5 Å². The summed E-state index contributed by atoms with van der Waals surface area (Å²) in [5, 5.41) is 4.40. The lowest BCUT2D eigenvalue weighted by Gasteiger charge is -2.26. The third-order valence-corrected chi connectivity index (χ3v) is 6.60. The summed E-state index contributed by atoms with van der Waals surface area (Å²) in [4.78, 5) is 7.02. The number of benzene rings is 2. The number of ether oxygens (including phenoxy) is 1. The number of hydrogen-bond acceptors (Lipinski definition) is 5. The Hall–Kier alpha value is -3.43. The Bertz CT molecular complexity index is 1300. The molecule has 3 heterocycles. The van der Waals surface area contributed by atoms with Crippen molar-refractivity contribution >= 4 is 5.65 Å². The first kappa shape index (κ1) is 24.3. The van der Waals surface area contributed by atoms with Crippen LogP contribution in [0.2, 0.25) is 0 Å². The van der Waals surface area contributed by atoms with Crippen LogP contribution in [-0.4, -0.2) is 51.9 Å². The van der Waals surface area contributed by atoms with Gasteiger partial charge in [-0.15, -0.1) is 0 Å². The van der Waals surface area contributed by atoms with Crippen molar-refractivity contribution in [3.05, 3.63) is 72.7 Å². The van der Waals surface area contributed by atoms with Crippen molar-refractivity contribution < 1.29 is 17.9 Å². The summed E-state index contributed by atoms with van der Waals surface area (Å²) in [5.41, 5.74) is 9.25.